The fraction of sp³-hybridized carbons (Fsp3) is 0.250. The van der Waals surface area contributed by atoms with E-state index in [1.54, 1.807) is 24.4 Å². The molecule has 0 atom stereocenters. The van der Waals surface area contributed by atoms with E-state index in [1.807, 2.05) is 0 Å². The molecule has 1 aliphatic heterocycles. The second kappa shape index (κ2) is 7.08. The Hall–Kier alpha value is -1.96. The molecule has 1 aliphatic rings. The van der Waals surface area contributed by atoms with Crippen molar-refractivity contribution in [3.05, 3.63) is 52.3 Å². The number of ether oxygens (including phenoxy) is 2. The van der Waals surface area contributed by atoms with Crippen molar-refractivity contribution in [2.24, 2.45) is 0 Å². The van der Waals surface area contributed by atoms with Gasteiger partial charge in [0.05, 0.1) is 24.5 Å². The van der Waals surface area contributed by atoms with Crippen LogP contribution in [-0.4, -0.2) is 29.2 Å². The van der Waals surface area contributed by atoms with Gasteiger partial charge >= 0.3 is 0 Å². The average Bonchev–Trinajstić information content (AvgIpc) is 2.57. The zero-order valence-corrected chi connectivity index (χ0v) is 13.7. The van der Waals surface area contributed by atoms with Gasteiger partial charge < -0.3 is 19.9 Å². The van der Waals surface area contributed by atoms with Gasteiger partial charge in [0.1, 0.15) is 5.75 Å². The second-order valence-corrected chi connectivity index (χ2v) is 5.97. The summed E-state index contributed by atoms with van der Waals surface area (Å²) in [6.07, 6.45) is 3.42. The van der Waals surface area contributed by atoms with E-state index in [-0.39, 0.29) is 11.7 Å². The lowest BCUT2D eigenvalue weighted by atomic mass is 10.1. The van der Waals surface area contributed by atoms with Gasteiger partial charge in [0.25, 0.3) is 5.91 Å². The molecule has 0 aliphatic carbocycles. The number of carbonyl (C=O) groups excluding carboxylic acids is 1. The number of halogens is 1. The van der Waals surface area contributed by atoms with Crippen LogP contribution in [0.3, 0.4) is 0 Å². The number of aromatic hydroxyl groups is 1. The number of amides is 1. The largest absolute Gasteiger partial charge is 0.506 e. The summed E-state index contributed by atoms with van der Waals surface area (Å²) < 4.78 is 11.8. The summed E-state index contributed by atoms with van der Waals surface area (Å²) in [5.41, 5.74) is 1.42. The zero-order valence-electron chi connectivity index (χ0n) is 12.2. The summed E-state index contributed by atoms with van der Waals surface area (Å²) in [6, 6.07) is 6.51. The summed E-state index contributed by atoms with van der Waals surface area (Å²) in [4.78, 5) is 16.2. The van der Waals surface area contributed by atoms with Crippen LogP contribution in [-0.2, 0) is 9.47 Å². The Morgan fingerprint density at radius 3 is 2.78 bits per heavy atom. The average molecular weight is 379 g/mol. The number of nitrogens with zero attached hydrogens (tertiary/aromatic N) is 1. The van der Waals surface area contributed by atoms with Crippen molar-refractivity contribution in [1.29, 1.82) is 0 Å². The Kier molecular flexibility index (Phi) is 4.90. The monoisotopic (exact) mass is 378 g/mol. The lowest BCUT2D eigenvalue weighted by molar-refractivity contribution is -0.183. The molecule has 2 aromatic rings. The molecule has 0 saturated carbocycles. The number of aromatic nitrogens is 1. The first-order chi connectivity index (χ1) is 11.1. The number of anilines is 1. The van der Waals surface area contributed by atoms with Crippen LogP contribution >= 0.6 is 15.9 Å². The van der Waals surface area contributed by atoms with Gasteiger partial charge in [0, 0.05) is 22.4 Å². The second-order valence-electron chi connectivity index (χ2n) is 5.05. The van der Waals surface area contributed by atoms with Gasteiger partial charge in [-0.15, -0.1) is 0 Å². The topological polar surface area (TPSA) is 80.7 Å². The van der Waals surface area contributed by atoms with E-state index < -0.39 is 6.29 Å². The minimum absolute atomic E-state index is 0.0270. The molecule has 1 amide bonds. The van der Waals surface area contributed by atoms with E-state index in [2.05, 4.69) is 26.2 Å². The number of hydrogen-bond donors (Lipinski definition) is 2. The van der Waals surface area contributed by atoms with E-state index in [0.717, 1.165) is 12.0 Å². The van der Waals surface area contributed by atoms with Crippen LogP contribution in [0.2, 0.25) is 0 Å². The van der Waals surface area contributed by atoms with Crippen LogP contribution in [0.25, 0.3) is 0 Å². The van der Waals surface area contributed by atoms with Gasteiger partial charge in [-0.3, -0.25) is 9.78 Å². The summed E-state index contributed by atoms with van der Waals surface area (Å²) in [6.45, 7) is 1.24. The first-order valence-corrected chi connectivity index (χ1v) is 7.91. The molecular weight excluding hydrogens is 364 g/mol. The molecule has 0 bridgehead atoms. The molecule has 2 N–H and O–H groups in total. The molecular formula is C16H15BrN2O4. The Balaban J connectivity index is 1.80. The Morgan fingerprint density at radius 2 is 2.04 bits per heavy atom. The van der Waals surface area contributed by atoms with Crippen LogP contribution in [0.1, 0.15) is 28.6 Å². The lowest BCUT2D eigenvalue weighted by Crippen LogP contribution is -2.18. The molecule has 2 heterocycles. The third-order valence-corrected chi connectivity index (χ3v) is 3.77. The van der Waals surface area contributed by atoms with Crippen LogP contribution in [0.15, 0.2) is 41.1 Å². The number of nitrogens with one attached hydrogen (secondary N) is 1. The fourth-order valence-electron chi connectivity index (χ4n) is 2.21. The number of hydrogen-bond acceptors (Lipinski definition) is 5. The summed E-state index contributed by atoms with van der Waals surface area (Å²) in [7, 11) is 0. The molecule has 1 fully saturated rings. The maximum atomic E-state index is 12.3. The van der Waals surface area contributed by atoms with Crippen molar-refractivity contribution in [2.45, 2.75) is 12.7 Å². The highest BCUT2D eigenvalue weighted by atomic mass is 79.9. The highest BCUT2D eigenvalue weighted by Gasteiger charge is 2.19. The molecule has 7 heteroatoms. The van der Waals surface area contributed by atoms with Gasteiger partial charge in [-0.25, -0.2) is 0 Å². The molecule has 6 nitrogen and oxygen atoms in total. The van der Waals surface area contributed by atoms with Crippen molar-refractivity contribution < 1.29 is 19.4 Å². The first-order valence-electron chi connectivity index (χ1n) is 7.11. The van der Waals surface area contributed by atoms with Crippen LogP contribution < -0.4 is 5.32 Å². The highest BCUT2D eigenvalue weighted by molar-refractivity contribution is 9.10. The molecule has 0 radical (unpaired) electrons. The highest BCUT2D eigenvalue weighted by Crippen LogP contribution is 2.30. The van der Waals surface area contributed by atoms with Gasteiger partial charge in [-0.2, -0.15) is 0 Å². The zero-order chi connectivity index (χ0) is 16.2. The van der Waals surface area contributed by atoms with Gasteiger partial charge in [0.15, 0.2) is 6.29 Å². The third kappa shape index (κ3) is 3.87. The summed E-state index contributed by atoms with van der Waals surface area (Å²) >= 11 is 3.27. The number of carbonyl (C=O) groups is 1. The maximum absolute atomic E-state index is 12.3. The first kappa shape index (κ1) is 15.9. The summed E-state index contributed by atoms with van der Waals surface area (Å²) in [5.74, 6) is -0.391. The van der Waals surface area contributed by atoms with Crippen molar-refractivity contribution in [1.82, 2.24) is 4.98 Å². The molecule has 0 unspecified atom stereocenters. The van der Waals surface area contributed by atoms with E-state index in [4.69, 9.17) is 9.47 Å². The van der Waals surface area contributed by atoms with Crippen LogP contribution in [0, 0.1) is 0 Å². The summed E-state index contributed by atoms with van der Waals surface area (Å²) in [5, 5.41) is 12.6. The minimum atomic E-state index is -0.479. The Labute approximate surface area is 141 Å². The van der Waals surface area contributed by atoms with Gasteiger partial charge in [-0.05, 0) is 40.5 Å². The molecule has 1 aromatic carbocycles. The third-order valence-electron chi connectivity index (χ3n) is 3.34. The number of benzene rings is 1. The van der Waals surface area contributed by atoms with Gasteiger partial charge in [-0.1, -0.05) is 6.07 Å². The Bertz CT molecular complexity index is 717. The molecule has 3 rings (SSSR count). The van der Waals surface area contributed by atoms with Crippen molar-refractivity contribution in [3.63, 3.8) is 0 Å². The fourth-order valence-corrected chi connectivity index (χ4v) is 2.58. The smallest absolute Gasteiger partial charge is 0.257 e. The SMILES string of the molecule is O=C(Nc1cc(C2OCCCO2)ccc1O)c1cncc(Br)c1. The van der Waals surface area contributed by atoms with E-state index >= 15 is 0 Å². The molecule has 0 spiro atoms. The predicted molar refractivity (Wildman–Crippen MR) is 87.3 cm³/mol. The predicted octanol–water partition coefficient (Wildman–Crippen LogP) is 3.24. The maximum Gasteiger partial charge on any atom is 0.257 e. The standard InChI is InChI=1S/C16H15BrN2O4/c17-12-6-11(8-18-9-12)15(21)19-13-7-10(2-3-14(13)20)16-22-4-1-5-23-16/h2-3,6-9,16,20H,1,4-5H2,(H,19,21). The van der Waals surface area contributed by atoms with Crippen molar-refractivity contribution in [2.75, 3.05) is 18.5 Å². The number of pyridine rings is 1. The molecule has 1 aromatic heterocycles. The van der Waals surface area contributed by atoms with Crippen molar-refractivity contribution in [3.8, 4) is 5.75 Å². The normalized spacial score (nSPS) is 15.3. The quantitative estimate of drug-likeness (QED) is 0.801. The van der Waals surface area contributed by atoms with Gasteiger partial charge in [0.2, 0.25) is 0 Å². The Morgan fingerprint density at radius 1 is 1.26 bits per heavy atom. The van der Waals surface area contributed by atoms with E-state index in [1.165, 1.54) is 12.3 Å². The molecule has 120 valence electrons. The van der Waals surface area contributed by atoms with E-state index in [0.29, 0.717) is 28.9 Å². The molecule has 23 heavy (non-hydrogen) atoms. The lowest BCUT2D eigenvalue weighted by Gasteiger charge is -2.24. The number of rotatable bonds is 3. The van der Waals surface area contributed by atoms with Crippen LogP contribution in [0.5, 0.6) is 5.75 Å². The number of phenolic OH excluding ortho intramolecular Hbond substituents is 1. The number of phenols is 1. The van der Waals surface area contributed by atoms with Crippen molar-refractivity contribution >= 4 is 27.5 Å². The van der Waals surface area contributed by atoms with Crippen LogP contribution in [0.4, 0.5) is 5.69 Å². The van der Waals surface area contributed by atoms with E-state index in [9.17, 15) is 9.90 Å². The molecule has 1 saturated heterocycles. The minimum Gasteiger partial charge on any atom is -0.506 e.